The van der Waals surface area contributed by atoms with Crippen molar-refractivity contribution in [1.82, 2.24) is 15.1 Å². The quantitative estimate of drug-likeness (QED) is 0.907. The van der Waals surface area contributed by atoms with Gasteiger partial charge in [0.1, 0.15) is 0 Å². The minimum atomic E-state index is 0.0400. The van der Waals surface area contributed by atoms with E-state index in [1.165, 1.54) is 0 Å². The SMILES string of the molecule is CNCCc1c(C)[nH]n(-c2ccc(Br)cc2C)c1=O. The molecule has 2 rings (SSSR count). The van der Waals surface area contributed by atoms with Crippen molar-refractivity contribution in [2.45, 2.75) is 20.3 Å². The monoisotopic (exact) mass is 323 g/mol. The van der Waals surface area contributed by atoms with Crippen molar-refractivity contribution in [3.8, 4) is 5.69 Å². The summed E-state index contributed by atoms with van der Waals surface area (Å²) in [6.07, 6.45) is 0.736. The number of benzene rings is 1. The predicted molar refractivity (Wildman–Crippen MR) is 81.2 cm³/mol. The van der Waals surface area contributed by atoms with Gasteiger partial charge in [-0.15, -0.1) is 0 Å². The molecule has 19 heavy (non-hydrogen) atoms. The molecule has 0 radical (unpaired) electrons. The first-order chi connectivity index (χ1) is 9.04. The van der Waals surface area contributed by atoms with Crippen LogP contribution < -0.4 is 10.9 Å². The molecular formula is C14H18BrN3O. The normalized spacial score (nSPS) is 10.9. The largest absolute Gasteiger partial charge is 0.319 e. The summed E-state index contributed by atoms with van der Waals surface area (Å²) in [7, 11) is 1.89. The molecule has 1 heterocycles. The highest BCUT2D eigenvalue weighted by Crippen LogP contribution is 2.18. The second kappa shape index (κ2) is 5.75. The standard InChI is InChI=1S/C14H18BrN3O/c1-9-8-11(15)4-5-13(9)18-14(19)12(6-7-16-3)10(2)17-18/h4-5,8,16-17H,6-7H2,1-3H3. The van der Waals surface area contributed by atoms with Crippen molar-refractivity contribution in [3.05, 3.63) is 49.8 Å². The van der Waals surface area contributed by atoms with Crippen molar-refractivity contribution >= 4 is 15.9 Å². The number of aryl methyl sites for hydroxylation is 2. The smallest absolute Gasteiger partial charge is 0.274 e. The third-order valence-corrected chi connectivity index (χ3v) is 3.71. The Hall–Kier alpha value is -1.33. The van der Waals surface area contributed by atoms with Gasteiger partial charge in [-0.3, -0.25) is 9.89 Å². The minimum Gasteiger partial charge on any atom is -0.319 e. The summed E-state index contributed by atoms with van der Waals surface area (Å²) in [6.45, 7) is 4.74. The van der Waals surface area contributed by atoms with Gasteiger partial charge in [0.05, 0.1) is 5.69 Å². The van der Waals surface area contributed by atoms with Crippen LogP contribution >= 0.6 is 15.9 Å². The average molecular weight is 324 g/mol. The number of likely N-dealkylation sites (N-methyl/N-ethyl adjacent to an activating group) is 1. The third kappa shape index (κ3) is 2.82. The summed E-state index contributed by atoms with van der Waals surface area (Å²) in [5.41, 5.74) is 3.77. The van der Waals surface area contributed by atoms with E-state index in [0.29, 0.717) is 0 Å². The number of rotatable bonds is 4. The molecule has 4 nitrogen and oxygen atoms in total. The predicted octanol–water partition coefficient (Wildman–Crippen LogP) is 2.31. The zero-order valence-electron chi connectivity index (χ0n) is 11.4. The van der Waals surface area contributed by atoms with Crippen LogP contribution in [-0.4, -0.2) is 23.4 Å². The van der Waals surface area contributed by atoms with E-state index in [1.807, 2.05) is 39.1 Å². The molecule has 102 valence electrons. The Morgan fingerprint density at radius 3 is 2.74 bits per heavy atom. The second-order valence-electron chi connectivity index (χ2n) is 4.64. The number of hydrogen-bond acceptors (Lipinski definition) is 2. The van der Waals surface area contributed by atoms with Gasteiger partial charge in [-0.2, -0.15) is 0 Å². The average Bonchev–Trinajstić information content (AvgIpc) is 2.63. The highest BCUT2D eigenvalue weighted by atomic mass is 79.9. The van der Waals surface area contributed by atoms with Crippen molar-refractivity contribution in [1.29, 1.82) is 0 Å². The van der Waals surface area contributed by atoms with Crippen LogP contribution in [0.5, 0.6) is 0 Å². The molecular weight excluding hydrogens is 306 g/mol. The van der Waals surface area contributed by atoms with Gasteiger partial charge in [0, 0.05) is 15.7 Å². The first-order valence-corrected chi connectivity index (χ1v) is 7.05. The maximum Gasteiger partial charge on any atom is 0.274 e. The van der Waals surface area contributed by atoms with Crippen molar-refractivity contribution in [3.63, 3.8) is 0 Å². The summed E-state index contributed by atoms with van der Waals surface area (Å²) < 4.78 is 2.64. The fourth-order valence-electron chi connectivity index (χ4n) is 2.17. The van der Waals surface area contributed by atoms with E-state index in [9.17, 15) is 4.79 Å². The number of halogens is 1. The van der Waals surface area contributed by atoms with E-state index in [-0.39, 0.29) is 5.56 Å². The van der Waals surface area contributed by atoms with Gasteiger partial charge in [-0.1, -0.05) is 15.9 Å². The maximum absolute atomic E-state index is 12.4. The van der Waals surface area contributed by atoms with Crippen molar-refractivity contribution in [2.24, 2.45) is 0 Å². The van der Waals surface area contributed by atoms with Crippen LogP contribution in [0.25, 0.3) is 5.69 Å². The second-order valence-corrected chi connectivity index (χ2v) is 5.56. The zero-order chi connectivity index (χ0) is 14.0. The molecule has 1 aromatic carbocycles. The fraction of sp³-hybridized carbons (Fsp3) is 0.357. The lowest BCUT2D eigenvalue weighted by Gasteiger charge is -2.06. The van der Waals surface area contributed by atoms with Gasteiger partial charge in [0.15, 0.2) is 0 Å². The number of hydrogen-bond donors (Lipinski definition) is 2. The van der Waals surface area contributed by atoms with Gasteiger partial charge < -0.3 is 5.32 Å². The van der Waals surface area contributed by atoms with Gasteiger partial charge >= 0.3 is 0 Å². The minimum absolute atomic E-state index is 0.0400. The number of H-pyrrole nitrogens is 1. The van der Waals surface area contributed by atoms with Crippen LogP contribution in [0.1, 0.15) is 16.8 Å². The van der Waals surface area contributed by atoms with Crippen LogP contribution in [0.2, 0.25) is 0 Å². The number of nitrogens with one attached hydrogen (secondary N) is 2. The molecule has 0 saturated carbocycles. The summed E-state index contributed by atoms with van der Waals surface area (Å²) in [5.74, 6) is 0. The molecule has 0 aliphatic rings. The topological polar surface area (TPSA) is 49.8 Å². The van der Waals surface area contributed by atoms with E-state index in [4.69, 9.17) is 0 Å². The molecule has 1 aromatic heterocycles. The lowest BCUT2D eigenvalue weighted by atomic mass is 10.2. The molecule has 0 saturated heterocycles. The molecule has 0 spiro atoms. The molecule has 2 aromatic rings. The molecule has 0 atom stereocenters. The molecule has 2 N–H and O–H groups in total. The summed E-state index contributed by atoms with van der Waals surface area (Å²) in [6, 6.07) is 5.89. The van der Waals surface area contributed by atoms with Crippen molar-refractivity contribution < 1.29 is 0 Å². The number of aromatic amines is 1. The highest BCUT2D eigenvalue weighted by Gasteiger charge is 2.13. The first kappa shape index (κ1) is 14.1. The number of aromatic nitrogens is 2. The highest BCUT2D eigenvalue weighted by molar-refractivity contribution is 9.10. The zero-order valence-corrected chi connectivity index (χ0v) is 13.0. The van der Waals surface area contributed by atoms with E-state index in [0.717, 1.165) is 39.9 Å². The van der Waals surface area contributed by atoms with Gasteiger partial charge in [0.25, 0.3) is 5.56 Å². The van der Waals surface area contributed by atoms with Gasteiger partial charge in [-0.25, -0.2) is 4.68 Å². The third-order valence-electron chi connectivity index (χ3n) is 3.22. The molecule has 0 aliphatic heterocycles. The van der Waals surface area contributed by atoms with E-state index in [1.54, 1.807) is 4.68 Å². The van der Waals surface area contributed by atoms with E-state index >= 15 is 0 Å². The fourth-order valence-corrected chi connectivity index (χ4v) is 2.64. The molecule has 0 unspecified atom stereocenters. The van der Waals surface area contributed by atoms with Gasteiger partial charge in [0.2, 0.25) is 0 Å². The molecule has 0 fully saturated rings. The van der Waals surface area contributed by atoms with E-state index < -0.39 is 0 Å². The van der Waals surface area contributed by atoms with Gasteiger partial charge in [-0.05, 0) is 57.6 Å². The van der Waals surface area contributed by atoms with Crippen LogP contribution in [0.3, 0.4) is 0 Å². The molecule has 5 heteroatoms. The summed E-state index contributed by atoms with van der Waals surface area (Å²) >= 11 is 3.44. The Balaban J connectivity index is 2.49. The number of nitrogens with zero attached hydrogens (tertiary/aromatic N) is 1. The van der Waals surface area contributed by atoms with Crippen molar-refractivity contribution in [2.75, 3.05) is 13.6 Å². The van der Waals surface area contributed by atoms with Crippen LogP contribution in [0.4, 0.5) is 0 Å². The van der Waals surface area contributed by atoms with Crippen LogP contribution in [-0.2, 0) is 6.42 Å². The molecule has 0 aliphatic carbocycles. The Morgan fingerprint density at radius 1 is 1.37 bits per heavy atom. The Labute approximate surface area is 120 Å². The van der Waals surface area contributed by atoms with E-state index in [2.05, 4.69) is 26.3 Å². The first-order valence-electron chi connectivity index (χ1n) is 6.26. The Kier molecular flexibility index (Phi) is 4.27. The Bertz CT molecular complexity index is 643. The lowest BCUT2D eigenvalue weighted by Crippen LogP contribution is -2.21. The Morgan fingerprint density at radius 2 is 2.11 bits per heavy atom. The lowest BCUT2D eigenvalue weighted by molar-refractivity contribution is 0.783. The molecule has 0 amide bonds. The van der Waals surface area contributed by atoms with Crippen LogP contribution in [0, 0.1) is 13.8 Å². The van der Waals surface area contributed by atoms with Crippen LogP contribution in [0.15, 0.2) is 27.5 Å². The molecule has 0 bridgehead atoms. The summed E-state index contributed by atoms with van der Waals surface area (Å²) in [4.78, 5) is 12.4. The summed E-state index contributed by atoms with van der Waals surface area (Å²) in [5, 5.41) is 6.23. The maximum atomic E-state index is 12.4.